The van der Waals surface area contributed by atoms with Crippen LogP contribution in [0.5, 0.6) is 0 Å². The van der Waals surface area contributed by atoms with Crippen LogP contribution in [0.1, 0.15) is 22.5 Å². The van der Waals surface area contributed by atoms with Gasteiger partial charge in [0.15, 0.2) is 0 Å². The number of halogens is 1. The molecular weight excluding hydrogens is 263 g/mol. The van der Waals surface area contributed by atoms with E-state index in [4.69, 9.17) is 5.73 Å². The van der Waals surface area contributed by atoms with Crippen molar-refractivity contribution in [1.29, 1.82) is 0 Å². The molecule has 1 fully saturated rings. The Morgan fingerprint density at radius 2 is 2.32 bits per heavy atom. The summed E-state index contributed by atoms with van der Waals surface area (Å²) in [4.78, 5) is 15.0. The number of rotatable bonds is 2. The monoisotopic (exact) mass is 278 g/mol. The fourth-order valence-electron chi connectivity index (χ4n) is 2.60. The van der Waals surface area contributed by atoms with Crippen molar-refractivity contribution in [3.05, 3.63) is 35.0 Å². The largest absolute Gasteiger partial charge is 0.334 e. The lowest BCUT2D eigenvalue weighted by Crippen LogP contribution is -2.39. The van der Waals surface area contributed by atoms with Crippen LogP contribution < -0.4 is 5.73 Å². The van der Waals surface area contributed by atoms with Crippen LogP contribution in [0, 0.1) is 5.82 Å². The van der Waals surface area contributed by atoms with Crippen molar-refractivity contribution in [2.75, 3.05) is 13.1 Å². The number of likely N-dealkylation sites (tertiary alicyclic amines) is 1. The highest BCUT2D eigenvalue weighted by atomic mass is 32.1. The molecular formula is C14H15FN2OS. The SMILES string of the molecule is NCC1CCCN1C(=O)c1cc2ccc(F)cc2s1. The number of hydrogen-bond donors (Lipinski definition) is 1. The summed E-state index contributed by atoms with van der Waals surface area (Å²) in [6.07, 6.45) is 1.98. The Hall–Kier alpha value is -1.46. The summed E-state index contributed by atoms with van der Waals surface area (Å²) in [5, 5.41) is 0.915. The van der Waals surface area contributed by atoms with Gasteiger partial charge in [-0.15, -0.1) is 11.3 Å². The first-order valence-corrected chi connectivity index (χ1v) is 7.21. The minimum atomic E-state index is -0.269. The van der Waals surface area contributed by atoms with E-state index >= 15 is 0 Å². The number of carbonyl (C=O) groups excluding carboxylic acids is 1. The maximum absolute atomic E-state index is 13.2. The molecule has 0 aliphatic carbocycles. The minimum Gasteiger partial charge on any atom is -0.334 e. The Kier molecular flexibility index (Phi) is 3.24. The third kappa shape index (κ3) is 2.24. The van der Waals surface area contributed by atoms with Crippen LogP contribution >= 0.6 is 11.3 Å². The topological polar surface area (TPSA) is 46.3 Å². The zero-order valence-electron chi connectivity index (χ0n) is 10.4. The van der Waals surface area contributed by atoms with Gasteiger partial charge in [0.1, 0.15) is 5.82 Å². The lowest BCUT2D eigenvalue weighted by molar-refractivity contribution is 0.0746. The summed E-state index contributed by atoms with van der Waals surface area (Å²) in [7, 11) is 0. The Labute approximate surface area is 114 Å². The predicted molar refractivity (Wildman–Crippen MR) is 74.9 cm³/mol. The molecule has 3 rings (SSSR count). The third-order valence-electron chi connectivity index (χ3n) is 3.60. The number of nitrogens with zero attached hydrogens (tertiary/aromatic N) is 1. The fourth-order valence-corrected chi connectivity index (χ4v) is 3.64. The minimum absolute atomic E-state index is 0.0227. The van der Waals surface area contributed by atoms with E-state index in [0.717, 1.165) is 29.5 Å². The average Bonchev–Trinajstić information content (AvgIpc) is 3.03. The van der Waals surface area contributed by atoms with Gasteiger partial charge in [-0.1, -0.05) is 6.07 Å². The van der Waals surface area contributed by atoms with Crippen molar-refractivity contribution in [2.24, 2.45) is 5.73 Å². The number of hydrogen-bond acceptors (Lipinski definition) is 3. The van der Waals surface area contributed by atoms with E-state index in [0.29, 0.717) is 11.4 Å². The summed E-state index contributed by atoms with van der Waals surface area (Å²) in [6.45, 7) is 1.27. The van der Waals surface area contributed by atoms with E-state index < -0.39 is 0 Å². The van der Waals surface area contributed by atoms with Gasteiger partial charge in [-0.2, -0.15) is 0 Å². The Morgan fingerprint density at radius 3 is 3.11 bits per heavy atom. The first kappa shape index (κ1) is 12.6. The number of nitrogens with two attached hydrogens (primary N) is 1. The molecule has 1 atom stereocenters. The molecule has 1 amide bonds. The summed E-state index contributed by atoms with van der Waals surface area (Å²) >= 11 is 1.35. The van der Waals surface area contributed by atoms with Gasteiger partial charge in [0, 0.05) is 23.8 Å². The van der Waals surface area contributed by atoms with Crippen molar-refractivity contribution in [3.8, 4) is 0 Å². The second-order valence-corrected chi connectivity index (χ2v) is 5.91. The van der Waals surface area contributed by atoms with Crippen LogP contribution in [0.3, 0.4) is 0 Å². The number of thiophene rings is 1. The van der Waals surface area contributed by atoms with Crippen LogP contribution in [0.4, 0.5) is 4.39 Å². The van der Waals surface area contributed by atoms with Crippen molar-refractivity contribution in [2.45, 2.75) is 18.9 Å². The standard InChI is InChI=1S/C14H15FN2OS/c15-10-4-3-9-6-13(19-12(9)7-10)14(18)17-5-1-2-11(17)8-16/h3-4,6-7,11H,1-2,5,8,16H2. The van der Waals surface area contributed by atoms with Gasteiger partial charge in [0.2, 0.25) is 0 Å². The van der Waals surface area contributed by atoms with E-state index in [1.165, 1.54) is 23.5 Å². The van der Waals surface area contributed by atoms with Gasteiger partial charge in [-0.05, 0) is 36.4 Å². The number of carbonyl (C=O) groups is 1. The second kappa shape index (κ2) is 4.90. The Bertz CT molecular complexity index is 625. The molecule has 1 aromatic heterocycles. The number of fused-ring (bicyclic) bond motifs is 1. The van der Waals surface area contributed by atoms with Gasteiger partial charge >= 0.3 is 0 Å². The van der Waals surface area contributed by atoms with E-state index in [2.05, 4.69) is 0 Å². The van der Waals surface area contributed by atoms with Gasteiger partial charge in [0.05, 0.1) is 4.88 Å². The molecule has 1 aromatic carbocycles. The molecule has 3 nitrogen and oxygen atoms in total. The van der Waals surface area contributed by atoms with E-state index in [-0.39, 0.29) is 17.8 Å². The van der Waals surface area contributed by atoms with E-state index in [1.807, 2.05) is 11.0 Å². The third-order valence-corrected chi connectivity index (χ3v) is 4.69. The first-order valence-electron chi connectivity index (χ1n) is 6.39. The summed E-state index contributed by atoms with van der Waals surface area (Å²) in [6, 6.07) is 6.59. The molecule has 1 unspecified atom stereocenters. The lowest BCUT2D eigenvalue weighted by Gasteiger charge is -2.22. The Balaban J connectivity index is 1.93. The van der Waals surface area contributed by atoms with Gasteiger partial charge < -0.3 is 10.6 Å². The van der Waals surface area contributed by atoms with Crippen LogP contribution in [0.2, 0.25) is 0 Å². The fraction of sp³-hybridized carbons (Fsp3) is 0.357. The summed E-state index contributed by atoms with van der Waals surface area (Å²) in [5.74, 6) is -0.246. The van der Waals surface area contributed by atoms with E-state index in [9.17, 15) is 9.18 Å². The van der Waals surface area contributed by atoms with Gasteiger partial charge in [-0.3, -0.25) is 4.79 Å². The van der Waals surface area contributed by atoms with Gasteiger partial charge in [0.25, 0.3) is 5.91 Å². The van der Waals surface area contributed by atoms with Crippen molar-refractivity contribution >= 4 is 27.3 Å². The molecule has 100 valence electrons. The number of amides is 1. The second-order valence-electron chi connectivity index (χ2n) is 4.82. The molecule has 2 aromatic rings. The summed E-state index contributed by atoms with van der Waals surface area (Å²) < 4.78 is 14.0. The average molecular weight is 278 g/mol. The quantitative estimate of drug-likeness (QED) is 0.918. The molecule has 1 saturated heterocycles. The molecule has 0 radical (unpaired) electrons. The Morgan fingerprint density at radius 1 is 1.47 bits per heavy atom. The predicted octanol–water partition coefficient (Wildman–Crippen LogP) is 2.60. The molecule has 1 aliphatic rings. The molecule has 0 bridgehead atoms. The molecule has 0 spiro atoms. The molecule has 2 heterocycles. The number of benzene rings is 1. The van der Waals surface area contributed by atoms with Crippen LogP contribution in [-0.2, 0) is 0 Å². The van der Waals surface area contributed by atoms with Crippen LogP contribution in [-0.4, -0.2) is 29.9 Å². The normalized spacial score (nSPS) is 19.3. The molecule has 5 heteroatoms. The maximum atomic E-state index is 13.2. The van der Waals surface area contributed by atoms with E-state index in [1.54, 1.807) is 6.07 Å². The highest BCUT2D eigenvalue weighted by Crippen LogP contribution is 2.29. The van der Waals surface area contributed by atoms with Crippen LogP contribution in [0.25, 0.3) is 10.1 Å². The highest BCUT2D eigenvalue weighted by Gasteiger charge is 2.29. The molecule has 0 saturated carbocycles. The summed E-state index contributed by atoms with van der Waals surface area (Å²) in [5.41, 5.74) is 5.69. The lowest BCUT2D eigenvalue weighted by atomic mass is 10.2. The van der Waals surface area contributed by atoms with Crippen molar-refractivity contribution in [3.63, 3.8) is 0 Å². The van der Waals surface area contributed by atoms with Gasteiger partial charge in [-0.25, -0.2) is 4.39 Å². The highest BCUT2D eigenvalue weighted by molar-refractivity contribution is 7.20. The molecule has 19 heavy (non-hydrogen) atoms. The molecule has 1 aliphatic heterocycles. The molecule has 2 N–H and O–H groups in total. The van der Waals surface area contributed by atoms with Crippen molar-refractivity contribution in [1.82, 2.24) is 4.90 Å². The smallest absolute Gasteiger partial charge is 0.264 e. The first-order chi connectivity index (χ1) is 9.19. The zero-order valence-corrected chi connectivity index (χ0v) is 11.3. The van der Waals surface area contributed by atoms with Crippen molar-refractivity contribution < 1.29 is 9.18 Å². The van der Waals surface area contributed by atoms with Crippen LogP contribution in [0.15, 0.2) is 24.3 Å². The zero-order chi connectivity index (χ0) is 13.4. The maximum Gasteiger partial charge on any atom is 0.264 e.